The molecule has 3 nitrogen and oxygen atoms in total. The normalized spacial score (nSPS) is 13.3. The molecular weight excluding hydrogens is 247 g/mol. The van der Waals surface area contributed by atoms with E-state index in [1.807, 2.05) is 0 Å². The van der Waals surface area contributed by atoms with Crippen molar-refractivity contribution in [3.63, 3.8) is 0 Å². The monoisotopic (exact) mass is 253 g/mol. The zero-order valence-corrected chi connectivity index (χ0v) is 8.84. The van der Waals surface area contributed by atoms with Gasteiger partial charge in [-0.15, -0.1) is 0 Å². The molecule has 0 saturated carbocycles. The number of ether oxygens (including phenoxy) is 1. The molecule has 0 N–H and O–H groups in total. The number of carbonyl (C=O) groups is 1. The fourth-order valence-corrected chi connectivity index (χ4v) is 0.890. The lowest BCUT2D eigenvalue weighted by Crippen LogP contribution is -2.19. The molecule has 7 heteroatoms. The number of pyridine rings is 1. The highest BCUT2D eigenvalue weighted by Gasteiger charge is 2.30. The van der Waals surface area contributed by atoms with Crippen LogP contribution in [0.1, 0.15) is 12.5 Å². The Bertz CT molecular complexity index is 377. The molecule has 0 spiro atoms. The molecule has 1 rings (SSSR count). The highest BCUT2D eigenvalue weighted by Crippen LogP contribution is 2.29. The van der Waals surface area contributed by atoms with E-state index in [-0.39, 0.29) is 5.88 Å². The van der Waals surface area contributed by atoms with Crippen molar-refractivity contribution in [1.29, 1.82) is 0 Å². The Morgan fingerprint density at radius 2 is 2.12 bits per heavy atom. The maximum Gasteiger partial charge on any atom is 0.417 e. The Balaban J connectivity index is 2.76. The predicted molar refractivity (Wildman–Crippen MR) is 50.2 cm³/mol. The zero-order valence-electron chi connectivity index (χ0n) is 8.08. The van der Waals surface area contributed by atoms with Crippen LogP contribution in [0.3, 0.4) is 0 Å². The maximum atomic E-state index is 12.2. The summed E-state index contributed by atoms with van der Waals surface area (Å²) >= 11 is 5.11. The SMILES string of the molecule is CC(Oc1ccc(C(F)(F)F)cn1)C(=O)Cl. The molecule has 1 aromatic heterocycles. The second-order valence-electron chi connectivity index (χ2n) is 2.95. The summed E-state index contributed by atoms with van der Waals surface area (Å²) in [5.74, 6) is -0.0884. The van der Waals surface area contributed by atoms with Crippen LogP contribution in [0.25, 0.3) is 0 Å². The van der Waals surface area contributed by atoms with Crippen LogP contribution in [-0.2, 0) is 11.0 Å². The molecule has 0 aromatic carbocycles. The second kappa shape index (κ2) is 4.69. The fraction of sp³-hybridized carbons (Fsp3) is 0.333. The molecule has 0 bridgehead atoms. The maximum absolute atomic E-state index is 12.2. The average Bonchev–Trinajstić information content (AvgIpc) is 2.17. The van der Waals surface area contributed by atoms with Crippen molar-refractivity contribution in [2.24, 2.45) is 0 Å². The first-order chi connectivity index (χ1) is 7.30. The Kier molecular flexibility index (Phi) is 3.74. The summed E-state index contributed by atoms with van der Waals surface area (Å²) in [6.07, 6.45) is -4.77. The van der Waals surface area contributed by atoms with E-state index < -0.39 is 23.1 Å². The highest BCUT2D eigenvalue weighted by atomic mass is 35.5. The first-order valence-electron chi connectivity index (χ1n) is 4.20. The van der Waals surface area contributed by atoms with Crippen LogP contribution in [0.2, 0.25) is 0 Å². The van der Waals surface area contributed by atoms with E-state index in [0.29, 0.717) is 6.20 Å². The van der Waals surface area contributed by atoms with E-state index in [1.165, 1.54) is 6.92 Å². The topological polar surface area (TPSA) is 39.2 Å². The first-order valence-corrected chi connectivity index (χ1v) is 4.58. The first kappa shape index (κ1) is 12.8. The van der Waals surface area contributed by atoms with Gasteiger partial charge in [0.05, 0.1) is 5.56 Å². The van der Waals surface area contributed by atoms with Crippen LogP contribution in [-0.4, -0.2) is 16.3 Å². The van der Waals surface area contributed by atoms with Gasteiger partial charge in [-0.25, -0.2) is 4.98 Å². The third kappa shape index (κ3) is 3.37. The lowest BCUT2D eigenvalue weighted by atomic mass is 10.3. The van der Waals surface area contributed by atoms with E-state index in [0.717, 1.165) is 12.1 Å². The summed E-state index contributed by atoms with van der Waals surface area (Å²) in [7, 11) is 0. The molecule has 0 radical (unpaired) electrons. The van der Waals surface area contributed by atoms with Crippen LogP contribution >= 0.6 is 11.6 Å². The van der Waals surface area contributed by atoms with Crippen molar-refractivity contribution in [3.05, 3.63) is 23.9 Å². The molecule has 88 valence electrons. The summed E-state index contributed by atoms with van der Waals surface area (Å²) in [5.41, 5.74) is -0.885. The molecule has 1 atom stereocenters. The Hall–Kier alpha value is -1.30. The van der Waals surface area contributed by atoms with Gasteiger partial charge in [0, 0.05) is 12.3 Å². The van der Waals surface area contributed by atoms with Crippen molar-refractivity contribution in [2.45, 2.75) is 19.2 Å². The molecular formula is C9H7ClF3NO2. The van der Waals surface area contributed by atoms with Crippen molar-refractivity contribution >= 4 is 16.8 Å². The minimum absolute atomic E-state index is 0.0884. The number of rotatable bonds is 3. The van der Waals surface area contributed by atoms with Gasteiger partial charge in [-0.05, 0) is 24.6 Å². The fourth-order valence-electron chi connectivity index (χ4n) is 0.845. The van der Waals surface area contributed by atoms with Crippen LogP contribution < -0.4 is 4.74 Å². The van der Waals surface area contributed by atoms with Crippen molar-refractivity contribution in [3.8, 4) is 5.88 Å². The smallest absolute Gasteiger partial charge is 0.417 e. The average molecular weight is 254 g/mol. The lowest BCUT2D eigenvalue weighted by Gasteiger charge is -2.10. The standard InChI is InChI=1S/C9H7ClF3NO2/c1-5(8(10)15)16-7-3-2-6(4-14-7)9(11,12)13/h2-5H,1H3. The van der Waals surface area contributed by atoms with Crippen molar-refractivity contribution in [2.75, 3.05) is 0 Å². The van der Waals surface area contributed by atoms with E-state index in [4.69, 9.17) is 16.3 Å². The van der Waals surface area contributed by atoms with Crippen molar-refractivity contribution in [1.82, 2.24) is 4.98 Å². The minimum atomic E-state index is -4.44. The number of nitrogens with zero attached hydrogens (tertiary/aromatic N) is 1. The van der Waals surface area contributed by atoms with E-state index in [2.05, 4.69) is 4.98 Å². The van der Waals surface area contributed by atoms with Crippen LogP contribution in [0.4, 0.5) is 13.2 Å². The van der Waals surface area contributed by atoms with Crippen LogP contribution in [0.5, 0.6) is 5.88 Å². The summed E-state index contributed by atoms with van der Waals surface area (Å²) in [4.78, 5) is 14.0. The van der Waals surface area contributed by atoms with Crippen LogP contribution in [0.15, 0.2) is 18.3 Å². The Morgan fingerprint density at radius 3 is 2.50 bits per heavy atom. The largest absolute Gasteiger partial charge is 0.465 e. The molecule has 1 aromatic rings. The number of alkyl halides is 3. The van der Waals surface area contributed by atoms with Gasteiger partial charge in [0.15, 0.2) is 6.10 Å². The summed E-state index contributed by atoms with van der Waals surface area (Å²) in [6.45, 7) is 1.37. The van der Waals surface area contributed by atoms with E-state index in [9.17, 15) is 18.0 Å². The zero-order chi connectivity index (χ0) is 12.3. The number of aromatic nitrogens is 1. The summed E-state index contributed by atoms with van der Waals surface area (Å²) in [5, 5.41) is -0.748. The summed E-state index contributed by atoms with van der Waals surface area (Å²) < 4.78 is 41.3. The molecule has 1 heterocycles. The van der Waals surface area contributed by atoms with Crippen molar-refractivity contribution < 1.29 is 22.7 Å². The van der Waals surface area contributed by atoms with E-state index >= 15 is 0 Å². The highest BCUT2D eigenvalue weighted by molar-refractivity contribution is 6.64. The third-order valence-electron chi connectivity index (χ3n) is 1.68. The third-order valence-corrected chi connectivity index (χ3v) is 1.99. The second-order valence-corrected chi connectivity index (χ2v) is 3.32. The van der Waals surface area contributed by atoms with Gasteiger partial charge in [-0.2, -0.15) is 13.2 Å². The van der Waals surface area contributed by atoms with Gasteiger partial charge in [-0.3, -0.25) is 4.79 Å². The van der Waals surface area contributed by atoms with Gasteiger partial charge >= 0.3 is 6.18 Å². The molecule has 0 aliphatic heterocycles. The minimum Gasteiger partial charge on any atom is -0.465 e. The lowest BCUT2D eigenvalue weighted by molar-refractivity contribution is -0.137. The molecule has 0 saturated heterocycles. The molecule has 0 aliphatic rings. The summed E-state index contributed by atoms with van der Waals surface area (Å²) in [6, 6.07) is 1.84. The number of carbonyl (C=O) groups excluding carboxylic acids is 1. The van der Waals surface area contributed by atoms with Gasteiger partial charge < -0.3 is 4.74 Å². The Morgan fingerprint density at radius 1 is 1.50 bits per heavy atom. The molecule has 0 fully saturated rings. The Labute approximate surface area is 94.2 Å². The molecule has 16 heavy (non-hydrogen) atoms. The predicted octanol–water partition coefficient (Wildman–Crippen LogP) is 2.63. The van der Waals surface area contributed by atoms with Gasteiger partial charge in [0.25, 0.3) is 5.24 Å². The molecule has 1 unspecified atom stereocenters. The van der Waals surface area contributed by atoms with Gasteiger partial charge in [-0.1, -0.05) is 0 Å². The van der Waals surface area contributed by atoms with Gasteiger partial charge in [0.2, 0.25) is 5.88 Å². The molecule has 0 amide bonds. The number of halogens is 4. The quantitative estimate of drug-likeness (QED) is 0.778. The number of hydrogen-bond acceptors (Lipinski definition) is 3. The van der Waals surface area contributed by atoms with Crippen LogP contribution in [0, 0.1) is 0 Å². The molecule has 0 aliphatic carbocycles. The van der Waals surface area contributed by atoms with Gasteiger partial charge in [0.1, 0.15) is 0 Å². The number of hydrogen-bond donors (Lipinski definition) is 0. The van der Waals surface area contributed by atoms with E-state index in [1.54, 1.807) is 0 Å².